The number of aliphatic carboxylic acids is 1. The number of nitrogens with zero attached hydrogens (tertiary/aromatic N) is 1. The summed E-state index contributed by atoms with van der Waals surface area (Å²) in [6, 6.07) is 7.39. The van der Waals surface area contributed by atoms with Crippen molar-refractivity contribution in [1.82, 2.24) is 15.8 Å². The van der Waals surface area contributed by atoms with Crippen molar-refractivity contribution >= 4 is 35.5 Å². The van der Waals surface area contributed by atoms with Gasteiger partial charge >= 0.3 is 12.1 Å². The van der Waals surface area contributed by atoms with Crippen LogP contribution in [0.3, 0.4) is 0 Å². The van der Waals surface area contributed by atoms with Gasteiger partial charge in [0.15, 0.2) is 0 Å². The highest BCUT2D eigenvalue weighted by atomic mass is 35.5. The van der Waals surface area contributed by atoms with Crippen LogP contribution in [0.15, 0.2) is 24.3 Å². The third-order valence-electron chi connectivity index (χ3n) is 8.44. The monoisotopic (exact) mass is 561 g/mol. The topological polar surface area (TPSA) is 125 Å². The Morgan fingerprint density at radius 3 is 2.62 bits per heavy atom. The van der Waals surface area contributed by atoms with E-state index in [0.29, 0.717) is 18.0 Å². The van der Waals surface area contributed by atoms with Crippen LogP contribution in [-0.2, 0) is 25.5 Å². The molecule has 0 unspecified atom stereocenters. The molecule has 3 fully saturated rings. The number of carboxylic acid groups (broad SMARTS) is 1. The summed E-state index contributed by atoms with van der Waals surface area (Å²) in [4.78, 5) is 49.5. The molecule has 1 saturated heterocycles. The number of carboxylic acids is 1. The zero-order valence-electron chi connectivity index (χ0n) is 22.4. The molecule has 0 spiro atoms. The van der Waals surface area contributed by atoms with Gasteiger partial charge in [0.05, 0.1) is 0 Å². The lowest BCUT2D eigenvalue weighted by atomic mass is 9.82. The summed E-state index contributed by atoms with van der Waals surface area (Å²) in [5.41, 5.74) is 3.82. The highest BCUT2D eigenvalue weighted by Crippen LogP contribution is 2.33. The molecule has 3 N–H and O–H groups in total. The number of rotatable bonds is 11. The van der Waals surface area contributed by atoms with Crippen LogP contribution in [0, 0.1) is 17.8 Å². The largest absolute Gasteiger partial charge is 0.481 e. The maximum absolute atomic E-state index is 13.1. The van der Waals surface area contributed by atoms with Crippen LogP contribution in [-0.4, -0.2) is 52.7 Å². The van der Waals surface area contributed by atoms with Crippen molar-refractivity contribution in [1.29, 1.82) is 0 Å². The zero-order chi connectivity index (χ0) is 27.8. The number of hydrogen-bond donors (Lipinski definition) is 3. The van der Waals surface area contributed by atoms with Crippen molar-refractivity contribution in [2.24, 2.45) is 17.8 Å². The molecule has 4 atom stereocenters. The number of ether oxygens (including phenoxy) is 1. The Kier molecular flexibility index (Phi) is 10.5. The first-order valence-electron chi connectivity index (χ1n) is 14.3. The van der Waals surface area contributed by atoms with E-state index in [4.69, 9.17) is 21.4 Å². The van der Waals surface area contributed by atoms with E-state index >= 15 is 0 Å². The quantitative estimate of drug-likeness (QED) is 0.354. The Morgan fingerprint density at radius 2 is 1.87 bits per heavy atom. The molecule has 1 aromatic carbocycles. The standard InChI is InChI=1S/C29H40ClN3O6/c30-23-10-4-6-19(17-23)16-22-9-5-11-25(22)39-29(38)31-24(20-7-2-1-3-8-20)18-26(34)32-33-15-14-21(28(33)37)12-13-27(35)36/h4,6,10,17,20-22,24-25H,1-3,5,7-9,11-16,18H2,(H,31,38)(H,32,34)(H,35,36)/t21-,22-,24-,25-/m0/s1. The fraction of sp³-hybridized carbons (Fsp3) is 0.655. The highest BCUT2D eigenvalue weighted by molar-refractivity contribution is 6.30. The first-order valence-corrected chi connectivity index (χ1v) is 14.7. The van der Waals surface area contributed by atoms with Gasteiger partial charge in [-0.05, 0) is 75.0 Å². The van der Waals surface area contributed by atoms with E-state index in [1.165, 1.54) is 5.01 Å². The number of hydrogen-bond acceptors (Lipinski definition) is 5. The van der Waals surface area contributed by atoms with Gasteiger partial charge in [0, 0.05) is 42.3 Å². The Bertz CT molecular complexity index is 1030. The number of alkyl carbamates (subject to hydrolysis) is 1. The van der Waals surface area contributed by atoms with E-state index in [0.717, 1.165) is 63.4 Å². The van der Waals surface area contributed by atoms with Crippen LogP contribution in [0.25, 0.3) is 0 Å². The summed E-state index contributed by atoms with van der Waals surface area (Å²) in [5, 5.41) is 13.9. The number of carbonyl (C=O) groups excluding carboxylic acids is 3. The Balaban J connectivity index is 1.31. The second-order valence-corrected chi connectivity index (χ2v) is 11.7. The summed E-state index contributed by atoms with van der Waals surface area (Å²) in [5.74, 6) is -1.53. The summed E-state index contributed by atoms with van der Waals surface area (Å²) < 4.78 is 5.91. The first kappa shape index (κ1) is 29.2. The first-order chi connectivity index (χ1) is 18.8. The number of hydrazine groups is 1. The lowest BCUT2D eigenvalue weighted by molar-refractivity contribution is -0.141. The number of halogens is 1. The molecule has 4 rings (SSSR count). The zero-order valence-corrected chi connectivity index (χ0v) is 23.2. The van der Waals surface area contributed by atoms with E-state index in [-0.39, 0.29) is 55.1 Å². The SMILES string of the molecule is O=C(O)CC[C@H]1CCN(NC(=O)C[C@H](NC(=O)O[C@H]2CCC[C@H]2Cc2cccc(Cl)c2)C2CCCCC2)C1=O. The fourth-order valence-corrected chi connectivity index (χ4v) is 6.58. The van der Waals surface area contributed by atoms with Gasteiger partial charge in [-0.3, -0.25) is 24.8 Å². The second kappa shape index (κ2) is 14.0. The number of amides is 3. The van der Waals surface area contributed by atoms with Crippen molar-refractivity contribution in [2.75, 3.05) is 6.54 Å². The molecule has 1 heterocycles. The highest BCUT2D eigenvalue weighted by Gasteiger charge is 2.35. The van der Waals surface area contributed by atoms with E-state index in [1.807, 2.05) is 24.3 Å². The molecule has 3 amide bonds. The Labute approximate surface area is 234 Å². The van der Waals surface area contributed by atoms with Crippen molar-refractivity contribution < 1.29 is 29.0 Å². The normalized spacial score (nSPS) is 24.4. The van der Waals surface area contributed by atoms with Gasteiger partial charge < -0.3 is 15.2 Å². The lowest BCUT2D eigenvalue weighted by Crippen LogP contribution is -2.49. The molecule has 0 bridgehead atoms. The minimum atomic E-state index is -0.938. The Morgan fingerprint density at radius 1 is 1.08 bits per heavy atom. The molecule has 2 saturated carbocycles. The van der Waals surface area contributed by atoms with E-state index in [1.54, 1.807) is 0 Å². The average Bonchev–Trinajstić information content (AvgIpc) is 3.48. The lowest BCUT2D eigenvalue weighted by Gasteiger charge is -2.31. The van der Waals surface area contributed by atoms with Crippen LogP contribution in [0.5, 0.6) is 0 Å². The molecule has 0 radical (unpaired) electrons. The van der Waals surface area contributed by atoms with Gasteiger partial charge in [-0.2, -0.15) is 0 Å². The molecular formula is C29H40ClN3O6. The third kappa shape index (κ3) is 8.59. The van der Waals surface area contributed by atoms with Crippen LogP contribution in [0.4, 0.5) is 4.79 Å². The molecule has 39 heavy (non-hydrogen) atoms. The van der Waals surface area contributed by atoms with Crippen molar-refractivity contribution in [3.05, 3.63) is 34.9 Å². The summed E-state index contributed by atoms with van der Waals surface area (Å²) in [6.45, 7) is 0.355. The Hall–Kier alpha value is -2.81. The van der Waals surface area contributed by atoms with Crippen LogP contribution >= 0.6 is 11.6 Å². The van der Waals surface area contributed by atoms with E-state index in [2.05, 4.69) is 10.7 Å². The summed E-state index contributed by atoms with van der Waals surface area (Å²) in [6.07, 6.45) is 8.78. The predicted octanol–water partition coefficient (Wildman–Crippen LogP) is 4.86. The maximum Gasteiger partial charge on any atom is 0.407 e. The van der Waals surface area contributed by atoms with E-state index in [9.17, 15) is 19.2 Å². The molecule has 3 aliphatic rings. The van der Waals surface area contributed by atoms with Gasteiger partial charge in [-0.15, -0.1) is 0 Å². The van der Waals surface area contributed by atoms with Gasteiger partial charge in [0.1, 0.15) is 6.10 Å². The number of nitrogens with one attached hydrogen (secondary N) is 2. The van der Waals surface area contributed by atoms with Gasteiger partial charge in [-0.25, -0.2) is 4.79 Å². The second-order valence-electron chi connectivity index (χ2n) is 11.3. The number of benzene rings is 1. The van der Waals surface area contributed by atoms with Crippen LogP contribution in [0.1, 0.15) is 82.6 Å². The molecule has 10 heteroatoms. The van der Waals surface area contributed by atoms with E-state index < -0.39 is 18.0 Å². The van der Waals surface area contributed by atoms with Crippen molar-refractivity contribution in [3.63, 3.8) is 0 Å². The minimum Gasteiger partial charge on any atom is -0.481 e. The van der Waals surface area contributed by atoms with Crippen molar-refractivity contribution in [2.45, 2.75) is 95.6 Å². The van der Waals surface area contributed by atoms with Crippen LogP contribution < -0.4 is 10.7 Å². The minimum absolute atomic E-state index is 0.0555. The van der Waals surface area contributed by atoms with Gasteiger partial charge in [0.2, 0.25) is 11.8 Å². The van der Waals surface area contributed by atoms with Gasteiger partial charge in [0.25, 0.3) is 0 Å². The molecule has 9 nitrogen and oxygen atoms in total. The number of carbonyl (C=O) groups is 4. The average molecular weight is 562 g/mol. The summed E-state index contributed by atoms with van der Waals surface area (Å²) >= 11 is 6.15. The van der Waals surface area contributed by atoms with Crippen molar-refractivity contribution in [3.8, 4) is 0 Å². The van der Waals surface area contributed by atoms with Crippen LogP contribution in [0.2, 0.25) is 5.02 Å². The molecule has 0 aromatic heterocycles. The molecule has 2 aliphatic carbocycles. The fourth-order valence-electron chi connectivity index (χ4n) is 6.36. The van der Waals surface area contributed by atoms with Gasteiger partial charge in [-0.1, -0.05) is 43.0 Å². The predicted molar refractivity (Wildman–Crippen MR) is 146 cm³/mol. The molecule has 1 aromatic rings. The third-order valence-corrected chi connectivity index (χ3v) is 8.68. The molecule has 1 aliphatic heterocycles. The maximum atomic E-state index is 13.1. The molecular weight excluding hydrogens is 522 g/mol. The smallest absolute Gasteiger partial charge is 0.407 e. The summed E-state index contributed by atoms with van der Waals surface area (Å²) in [7, 11) is 0. The molecule has 214 valence electrons.